The van der Waals surface area contributed by atoms with Crippen molar-refractivity contribution >= 4 is 11.8 Å². The summed E-state index contributed by atoms with van der Waals surface area (Å²) in [6, 6.07) is 2.86. The van der Waals surface area contributed by atoms with Crippen LogP contribution in [0.3, 0.4) is 0 Å². The van der Waals surface area contributed by atoms with Gasteiger partial charge in [0, 0.05) is 31.4 Å². The number of amides is 2. The molecule has 0 aromatic carbocycles. The first-order valence-electron chi connectivity index (χ1n) is 5.87. The number of pyridine rings is 1. The van der Waals surface area contributed by atoms with E-state index in [-0.39, 0.29) is 18.4 Å². The first kappa shape index (κ1) is 12.5. The van der Waals surface area contributed by atoms with Crippen LogP contribution in [-0.4, -0.2) is 40.8 Å². The summed E-state index contributed by atoms with van der Waals surface area (Å²) < 4.78 is 0. The summed E-state index contributed by atoms with van der Waals surface area (Å²) in [5.74, 6) is -0.280. The highest BCUT2D eigenvalue weighted by atomic mass is 16.2. The van der Waals surface area contributed by atoms with E-state index in [1.165, 1.54) is 0 Å². The van der Waals surface area contributed by atoms with Gasteiger partial charge in [0.25, 0.3) is 5.91 Å². The Morgan fingerprint density at radius 2 is 2.44 bits per heavy atom. The molecular formula is C12H16N4O2. The highest BCUT2D eigenvalue weighted by Gasteiger charge is 2.29. The number of aromatic nitrogens is 1. The summed E-state index contributed by atoms with van der Waals surface area (Å²) in [7, 11) is 0. The van der Waals surface area contributed by atoms with E-state index in [2.05, 4.69) is 10.3 Å². The second-order valence-electron chi connectivity index (χ2n) is 4.21. The largest absolute Gasteiger partial charge is 0.353 e. The Morgan fingerprint density at radius 3 is 3.17 bits per heavy atom. The van der Waals surface area contributed by atoms with Gasteiger partial charge in [-0.1, -0.05) is 0 Å². The van der Waals surface area contributed by atoms with Crippen LogP contribution in [0.15, 0.2) is 18.3 Å². The van der Waals surface area contributed by atoms with Crippen molar-refractivity contribution in [1.29, 1.82) is 0 Å². The number of carbonyl (C=O) groups excluding carboxylic acids is 2. The minimum atomic E-state index is -0.444. The van der Waals surface area contributed by atoms with Crippen molar-refractivity contribution < 1.29 is 9.59 Å². The van der Waals surface area contributed by atoms with Gasteiger partial charge >= 0.3 is 0 Å². The van der Waals surface area contributed by atoms with E-state index in [4.69, 9.17) is 5.73 Å². The highest BCUT2D eigenvalue weighted by molar-refractivity contribution is 5.98. The third-order valence-corrected chi connectivity index (χ3v) is 3.03. The van der Waals surface area contributed by atoms with Crippen LogP contribution in [-0.2, 0) is 11.3 Å². The number of hydrogen-bond donors (Lipinski definition) is 2. The normalized spacial score (nSPS) is 19.6. The summed E-state index contributed by atoms with van der Waals surface area (Å²) in [5, 5.41) is 2.73. The maximum absolute atomic E-state index is 12.3. The van der Waals surface area contributed by atoms with Crippen LogP contribution < -0.4 is 11.1 Å². The highest BCUT2D eigenvalue weighted by Crippen LogP contribution is 2.11. The predicted octanol–water partition coefficient (Wildman–Crippen LogP) is -0.499. The van der Waals surface area contributed by atoms with Crippen molar-refractivity contribution in [2.45, 2.75) is 19.5 Å². The standard InChI is InChI=1S/C12H16N4O2/c1-8-11(17)15-4-5-16(8)12(18)9-2-3-14-10(6-9)7-13/h2-3,6,8H,4-5,7,13H2,1H3,(H,15,17). The predicted molar refractivity (Wildman–Crippen MR) is 65.6 cm³/mol. The molecule has 2 rings (SSSR count). The smallest absolute Gasteiger partial charge is 0.254 e. The van der Waals surface area contributed by atoms with Gasteiger partial charge in [-0.15, -0.1) is 0 Å². The Labute approximate surface area is 105 Å². The zero-order valence-electron chi connectivity index (χ0n) is 10.2. The van der Waals surface area contributed by atoms with E-state index >= 15 is 0 Å². The Balaban J connectivity index is 2.22. The molecule has 1 aromatic rings. The first-order valence-corrected chi connectivity index (χ1v) is 5.87. The first-order chi connectivity index (χ1) is 8.63. The van der Waals surface area contributed by atoms with Crippen LogP contribution >= 0.6 is 0 Å². The van der Waals surface area contributed by atoms with Gasteiger partial charge in [0.05, 0.1) is 5.69 Å². The fraction of sp³-hybridized carbons (Fsp3) is 0.417. The Kier molecular flexibility index (Phi) is 3.57. The molecule has 0 bridgehead atoms. The van der Waals surface area contributed by atoms with Crippen LogP contribution in [0.1, 0.15) is 23.0 Å². The fourth-order valence-corrected chi connectivity index (χ4v) is 1.95. The van der Waals surface area contributed by atoms with E-state index in [0.717, 1.165) is 0 Å². The minimum Gasteiger partial charge on any atom is -0.353 e. The summed E-state index contributed by atoms with van der Waals surface area (Å²) in [6.07, 6.45) is 1.56. The van der Waals surface area contributed by atoms with Crippen molar-refractivity contribution in [1.82, 2.24) is 15.2 Å². The van der Waals surface area contributed by atoms with Crippen LogP contribution in [0.25, 0.3) is 0 Å². The van der Waals surface area contributed by atoms with Crippen molar-refractivity contribution in [2.75, 3.05) is 13.1 Å². The molecular weight excluding hydrogens is 232 g/mol. The SMILES string of the molecule is CC1C(=O)NCCN1C(=O)c1ccnc(CN)c1. The molecule has 6 nitrogen and oxygen atoms in total. The molecule has 1 aliphatic heterocycles. The lowest BCUT2D eigenvalue weighted by Crippen LogP contribution is -2.55. The van der Waals surface area contributed by atoms with Gasteiger partial charge in [-0.05, 0) is 19.1 Å². The van der Waals surface area contributed by atoms with E-state index in [1.807, 2.05) is 0 Å². The third-order valence-electron chi connectivity index (χ3n) is 3.03. The van der Waals surface area contributed by atoms with E-state index in [1.54, 1.807) is 30.2 Å². The Bertz CT molecular complexity index is 475. The van der Waals surface area contributed by atoms with Gasteiger partial charge in [0.2, 0.25) is 5.91 Å². The topological polar surface area (TPSA) is 88.3 Å². The molecule has 1 unspecified atom stereocenters. The molecule has 1 atom stereocenters. The summed E-state index contributed by atoms with van der Waals surface area (Å²) in [4.78, 5) is 29.4. The number of hydrogen-bond acceptors (Lipinski definition) is 4. The van der Waals surface area contributed by atoms with Crippen molar-refractivity contribution in [3.63, 3.8) is 0 Å². The van der Waals surface area contributed by atoms with Gasteiger partial charge in [0.15, 0.2) is 0 Å². The van der Waals surface area contributed by atoms with Gasteiger partial charge in [-0.25, -0.2) is 0 Å². The zero-order chi connectivity index (χ0) is 13.1. The molecule has 1 aromatic heterocycles. The minimum absolute atomic E-state index is 0.122. The molecule has 0 radical (unpaired) electrons. The maximum atomic E-state index is 12.3. The van der Waals surface area contributed by atoms with Crippen LogP contribution in [0.4, 0.5) is 0 Å². The summed E-state index contributed by atoms with van der Waals surface area (Å²) >= 11 is 0. The average molecular weight is 248 g/mol. The lowest BCUT2D eigenvalue weighted by molar-refractivity contribution is -0.127. The Morgan fingerprint density at radius 1 is 1.67 bits per heavy atom. The lowest BCUT2D eigenvalue weighted by atomic mass is 10.1. The molecule has 1 fully saturated rings. The number of nitrogens with zero attached hydrogens (tertiary/aromatic N) is 2. The van der Waals surface area contributed by atoms with E-state index < -0.39 is 6.04 Å². The van der Waals surface area contributed by atoms with Crippen LogP contribution in [0.5, 0.6) is 0 Å². The van der Waals surface area contributed by atoms with Crippen molar-refractivity contribution in [3.05, 3.63) is 29.6 Å². The third kappa shape index (κ3) is 2.33. The average Bonchev–Trinajstić information content (AvgIpc) is 2.41. The van der Waals surface area contributed by atoms with Gasteiger partial charge in [0.1, 0.15) is 6.04 Å². The second-order valence-corrected chi connectivity index (χ2v) is 4.21. The van der Waals surface area contributed by atoms with Gasteiger partial charge in [-0.2, -0.15) is 0 Å². The molecule has 0 aliphatic carbocycles. The number of rotatable bonds is 2. The molecule has 96 valence electrons. The number of piperazine rings is 1. The number of nitrogens with two attached hydrogens (primary N) is 1. The molecule has 3 N–H and O–H groups in total. The Hall–Kier alpha value is -1.95. The molecule has 1 saturated heterocycles. The molecule has 0 spiro atoms. The molecule has 2 heterocycles. The van der Waals surface area contributed by atoms with E-state index in [0.29, 0.717) is 24.3 Å². The number of nitrogens with one attached hydrogen (secondary N) is 1. The monoisotopic (exact) mass is 248 g/mol. The maximum Gasteiger partial charge on any atom is 0.254 e. The van der Waals surface area contributed by atoms with Crippen LogP contribution in [0, 0.1) is 0 Å². The number of carbonyl (C=O) groups is 2. The zero-order valence-corrected chi connectivity index (χ0v) is 10.2. The van der Waals surface area contributed by atoms with E-state index in [9.17, 15) is 9.59 Å². The quantitative estimate of drug-likeness (QED) is 0.738. The lowest BCUT2D eigenvalue weighted by Gasteiger charge is -2.32. The van der Waals surface area contributed by atoms with Crippen molar-refractivity contribution in [2.24, 2.45) is 5.73 Å². The molecule has 18 heavy (non-hydrogen) atoms. The molecule has 0 saturated carbocycles. The molecule has 6 heteroatoms. The fourth-order valence-electron chi connectivity index (χ4n) is 1.95. The van der Waals surface area contributed by atoms with Crippen molar-refractivity contribution in [3.8, 4) is 0 Å². The van der Waals surface area contributed by atoms with Crippen LogP contribution in [0.2, 0.25) is 0 Å². The van der Waals surface area contributed by atoms with Gasteiger partial charge < -0.3 is 16.0 Å². The summed E-state index contributed by atoms with van der Waals surface area (Å²) in [5.41, 5.74) is 6.68. The van der Waals surface area contributed by atoms with Gasteiger partial charge in [-0.3, -0.25) is 14.6 Å². The molecule has 2 amide bonds. The molecule has 1 aliphatic rings. The summed E-state index contributed by atoms with van der Waals surface area (Å²) in [6.45, 7) is 3.02. The second kappa shape index (κ2) is 5.14.